The number of allylic oxidation sites excluding steroid dienone is 1. The minimum atomic E-state index is 0.274. The van der Waals surface area contributed by atoms with Crippen molar-refractivity contribution in [2.24, 2.45) is 0 Å². The molecule has 0 bridgehead atoms. The van der Waals surface area contributed by atoms with E-state index in [4.69, 9.17) is 0 Å². The Morgan fingerprint density at radius 3 is 2.86 bits per heavy atom. The summed E-state index contributed by atoms with van der Waals surface area (Å²) >= 11 is 0. The number of fused-ring (bicyclic) bond motifs is 1. The molecule has 0 saturated carbocycles. The molecule has 0 aliphatic heterocycles. The predicted octanol–water partition coefficient (Wildman–Crippen LogP) is 2.97. The highest BCUT2D eigenvalue weighted by Crippen LogP contribution is 2.31. The first-order valence-corrected chi connectivity index (χ1v) is 4.41. The first kappa shape index (κ1) is 8.75. The molecule has 70 valence electrons. The summed E-state index contributed by atoms with van der Waals surface area (Å²) in [5, 5.41) is 11.7. The van der Waals surface area contributed by atoms with E-state index < -0.39 is 0 Å². The second-order valence-electron chi connectivity index (χ2n) is 3.34. The van der Waals surface area contributed by atoms with Gasteiger partial charge in [-0.15, -0.1) is 0 Å². The number of hydrogen-bond acceptors (Lipinski definition) is 2. The van der Waals surface area contributed by atoms with Gasteiger partial charge in [0.1, 0.15) is 5.75 Å². The van der Waals surface area contributed by atoms with Crippen LogP contribution in [0.2, 0.25) is 0 Å². The quantitative estimate of drug-likeness (QED) is 0.740. The minimum Gasteiger partial charge on any atom is -0.507 e. The highest BCUT2D eigenvalue weighted by molar-refractivity contribution is 5.95. The number of hydrogen-bond donors (Lipinski definition) is 1. The van der Waals surface area contributed by atoms with E-state index in [9.17, 15) is 5.11 Å². The second-order valence-corrected chi connectivity index (χ2v) is 3.34. The Hall–Kier alpha value is -1.83. The van der Waals surface area contributed by atoms with Crippen molar-refractivity contribution in [3.63, 3.8) is 0 Å². The third kappa shape index (κ3) is 1.25. The lowest BCUT2D eigenvalue weighted by atomic mass is 10.0. The van der Waals surface area contributed by atoms with Gasteiger partial charge in [-0.25, -0.2) is 0 Å². The van der Waals surface area contributed by atoms with Crippen LogP contribution in [0, 0.1) is 0 Å². The zero-order valence-corrected chi connectivity index (χ0v) is 7.99. The Morgan fingerprint density at radius 1 is 1.36 bits per heavy atom. The molecule has 1 heterocycles. The van der Waals surface area contributed by atoms with Crippen molar-refractivity contribution in [1.29, 1.82) is 0 Å². The van der Waals surface area contributed by atoms with Crippen molar-refractivity contribution in [3.8, 4) is 5.75 Å². The summed E-state index contributed by atoms with van der Waals surface area (Å²) in [4.78, 5) is 4.03. The lowest BCUT2D eigenvalue weighted by Gasteiger charge is -2.07. The predicted molar refractivity (Wildman–Crippen MR) is 58.1 cm³/mol. The summed E-state index contributed by atoms with van der Waals surface area (Å²) in [5.74, 6) is 0.274. The van der Waals surface area contributed by atoms with Crippen LogP contribution in [0.4, 0.5) is 0 Å². The summed E-state index contributed by atoms with van der Waals surface area (Å²) in [5.41, 5.74) is 1.67. The SMILES string of the molecule is C=C(C)c1c(O)ccc2cnccc12. The highest BCUT2D eigenvalue weighted by Gasteiger charge is 2.06. The van der Waals surface area contributed by atoms with Crippen molar-refractivity contribution in [1.82, 2.24) is 4.98 Å². The summed E-state index contributed by atoms with van der Waals surface area (Å²) in [6.45, 7) is 5.74. The van der Waals surface area contributed by atoms with Gasteiger partial charge < -0.3 is 5.11 Å². The average molecular weight is 185 g/mol. The molecule has 0 radical (unpaired) electrons. The lowest BCUT2D eigenvalue weighted by molar-refractivity contribution is 0.474. The normalized spacial score (nSPS) is 10.4. The fraction of sp³-hybridized carbons (Fsp3) is 0.0833. The van der Waals surface area contributed by atoms with Gasteiger partial charge in [0.15, 0.2) is 0 Å². The monoisotopic (exact) mass is 185 g/mol. The van der Waals surface area contributed by atoms with Crippen molar-refractivity contribution in [3.05, 3.63) is 42.7 Å². The second kappa shape index (κ2) is 3.14. The molecule has 1 aromatic carbocycles. The molecule has 2 aromatic rings. The number of phenolic OH excluding ortho intramolecular Hbond substituents is 1. The number of aromatic nitrogens is 1. The Labute approximate surface area is 82.5 Å². The molecule has 0 spiro atoms. The molecule has 14 heavy (non-hydrogen) atoms. The van der Waals surface area contributed by atoms with Gasteiger partial charge in [-0.05, 0) is 36.1 Å². The smallest absolute Gasteiger partial charge is 0.123 e. The van der Waals surface area contributed by atoms with E-state index in [2.05, 4.69) is 11.6 Å². The van der Waals surface area contributed by atoms with Gasteiger partial charge in [-0.3, -0.25) is 4.98 Å². The zero-order valence-electron chi connectivity index (χ0n) is 7.99. The van der Waals surface area contributed by atoms with Gasteiger partial charge in [0.05, 0.1) is 0 Å². The van der Waals surface area contributed by atoms with E-state index in [-0.39, 0.29) is 5.75 Å². The van der Waals surface area contributed by atoms with Gasteiger partial charge in [0, 0.05) is 23.3 Å². The van der Waals surface area contributed by atoms with E-state index in [1.165, 1.54) is 0 Å². The van der Waals surface area contributed by atoms with Crippen molar-refractivity contribution in [2.75, 3.05) is 0 Å². The van der Waals surface area contributed by atoms with Gasteiger partial charge in [0.2, 0.25) is 0 Å². The molecule has 0 amide bonds. The summed E-state index contributed by atoms with van der Waals surface area (Å²) < 4.78 is 0. The fourth-order valence-corrected chi connectivity index (χ4v) is 1.61. The number of rotatable bonds is 1. The third-order valence-electron chi connectivity index (χ3n) is 2.22. The van der Waals surface area contributed by atoms with Crippen LogP contribution in [-0.4, -0.2) is 10.1 Å². The van der Waals surface area contributed by atoms with Crippen LogP contribution >= 0.6 is 0 Å². The molecule has 0 unspecified atom stereocenters. The van der Waals surface area contributed by atoms with Gasteiger partial charge in [-0.1, -0.05) is 6.58 Å². The van der Waals surface area contributed by atoms with Crippen LogP contribution in [0.1, 0.15) is 12.5 Å². The molecule has 2 heteroatoms. The summed E-state index contributed by atoms with van der Waals surface area (Å²) in [7, 11) is 0. The molecule has 0 atom stereocenters. The molecule has 0 aliphatic rings. The lowest BCUT2D eigenvalue weighted by Crippen LogP contribution is -1.84. The van der Waals surface area contributed by atoms with E-state index in [0.717, 1.165) is 21.9 Å². The molecule has 2 rings (SSSR count). The Bertz CT molecular complexity index is 503. The van der Waals surface area contributed by atoms with Crippen molar-refractivity contribution in [2.45, 2.75) is 6.92 Å². The fourth-order valence-electron chi connectivity index (χ4n) is 1.61. The number of phenols is 1. The Balaban J connectivity index is 2.90. The van der Waals surface area contributed by atoms with Crippen molar-refractivity contribution >= 4 is 16.3 Å². The molecule has 0 aliphatic carbocycles. The number of benzene rings is 1. The van der Waals surface area contributed by atoms with Gasteiger partial charge in [-0.2, -0.15) is 0 Å². The van der Waals surface area contributed by atoms with Crippen LogP contribution < -0.4 is 0 Å². The van der Waals surface area contributed by atoms with Crippen LogP contribution in [0.5, 0.6) is 5.75 Å². The Kier molecular flexibility index (Phi) is 1.97. The third-order valence-corrected chi connectivity index (χ3v) is 2.22. The van der Waals surface area contributed by atoms with E-state index >= 15 is 0 Å². The number of nitrogens with zero attached hydrogens (tertiary/aromatic N) is 1. The van der Waals surface area contributed by atoms with E-state index in [1.54, 1.807) is 18.5 Å². The van der Waals surface area contributed by atoms with Crippen LogP contribution in [-0.2, 0) is 0 Å². The van der Waals surface area contributed by atoms with Gasteiger partial charge in [0.25, 0.3) is 0 Å². The molecule has 0 saturated heterocycles. The number of pyridine rings is 1. The highest BCUT2D eigenvalue weighted by atomic mass is 16.3. The van der Waals surface area contributed by atoms with Crippen molar-refractivity contribution < 1.29 is 5.11 Å². The minimum absolute atomic E-state index is 0.274. The topological polar surface area (TPSA) is 33.1 Å². The van der Waals surface area contributed by atoms with Gasteiger partial charge >= 0.3 is 0 Å². The number of aromatic hydroxyl groups is 1. The summed E-state index contributed by atoms with van der Waals surface area (Å²) in [6.07, 6.45) is 3.50. The van der Waals surface area contributed by atoms with E-state index in [0.29, 0.717) is 0 Å². The maximum absolute atomic E-state index is 9.70. The first-order valence-electron chi connectivity index (χ1n) is 4.41. The standard InChI is InChI=1S/C12H11NO/c1-8(2)12-10-5-6-13-7-9(10)3-4-11(12)14/h3-7,14H,1H2,2H3. The average Bonchev–Trinajstić information content (AvgIpc) is 2.17. The van der Waals surface area contributed by atoms with Crippen LogP contribution in [0.25, 0.3) is 16.3 Å². The first-order chi connectivity index (χ1) is 6.70. The Morgan fingerprint density at radius 2 is 2.14 bits per heavy atom. The molecule has 1 N–H and O–H groups in total. The molecular formula is C12H11NO. The van der Waals surface area contributed by atoms with Crippen LogP contribution in [0.15, 0.2) is 37.2 Å². The van der Waals surface area contributed by atoms with E-state index in [1.807, 2.05) is 19.1 Å². The molecule has 2 nitrogen and oxygen atoms in total. The summed E-state index contributed by atoms with van der Waals surface area (Å²) in [6, 6.07) is 5.41. The maximum Gasteiger partial charge on any atom is 0.123 e. The largest absolute Gasteiger partial charge is 0.507 e. The zero-order chi connectivity index (χ0) is 10.1. The van der Waals surface area contributed by atoms with Crippen LogP contribution in [0.3, 0.4) is 0 Å². The molecule has 1 aromatic heterocycles. The maximum atomic E-state index is 9.70. The molecule has 0 fully saturated rings. The molecular weight excluding hydrogens is 174 g/mol.